The lowest BCUT2D eigenvalue weighted by Gasteiger charge is -2.15. The third-order valence-corrected chi connectivity index (χ3v) is 3.45. The van der Waals surface area contributed by atoms with E-state index in [4.69, 9.17) is 0 Å². The standard InChI is InChI=1S/C14H21BrN2O/c1-5-16-8-11(4)14(18)17-13-10(3)6-9(2)7-12(13)15/h6-7,11,16H,5,8H2,1-4H3,(H,17,18). The third kappa shape index (κ3) is 4.10. The van der Waals surface area contributed by atoms with Gasteiger partial charge in [0.05, 0.1) is 5.69 Å². The Bertz CT molecular complexity index is 409. The number of benzene rings is 1. The van der Waals surface area contributed by atoms with E-state index in [1.165, 1.54) is 5.56 Å². The van der Waals surface area contributed by atoms with Crippen molar-refractivity contribution in [2.45, 2.75) is 27.7 Å². The van der Waals surface area contributed by atoms with Crippen LogP contribution in [-0.4, -0.2) is 19.0 Å². The molecule has 4 heteroatoms. The summed E-state index contributed by atoms with van der Waals surface area (Å²) in [5.41, 5.74) is 3.12. The first-order chi connectivity index (χ1) is 8.45. The van der Waals surface area contributed by atoms with Crippen LogP contribution in [0, 0.1) is 19.8 Å². The van der Waals surface area contributed by atoms with Gasteiger partial charge in [-0.25, -0.2) is 0 Å². The number of carbonyl (C=O) groups excluding carboxylic acids is 1. The van der Waals surface area contributed by atoms with E-state index in [0.29, 0.717) is 6.54 Å². The number of hydrogen-bond donors (Lipinski definition) is 2. The Morgan fingerprint density at radius 2 is 2.06 bits per heavy atom. The van der Waals surface area contributed by atoms with Crippen LogP contribution in [0.4, 0.5) is 5.69 Å². The Labute approximate surface area is 117 Å². The summed E-state index contributed by atoms with van der Waals surface area (Å²) in [7, 11) is 0. The molecule has 1 atom stereocenters. The summed E-state index contributed by atoms with van der Waals surface area (Å²) in [6, 6.07) is 4.08. The van der Waals surface area contributed by atoms with Crippen molar-refractivity contribution in [3.8, 4) is 0 Å². The van der Waals surface area contributed by atoms with Crippen LogP contribution in [0.2, 0.25) is 0 Å². The van der Waals surface area contributed by atoms with Crippen LogP contribution < -0.4 is 10.6 Å². The van der Waals surface area contributed by atoms with E-state index in [1.807, 2.05) is 33.8 Å². The minimum atomic E-state index is -0.0439. The molecule has 0 aliphatic carbocycles. The fraction of sp³-hybridized carbons (Fsp3) is 0.500. The minimum absolute atomic E-state index is 0.0439. The van der Waals surface area contributed by atoms with Crippen LogP contribution in [0.5, 0.6) is 0 Å². The molecule has 18 heavy (non-hydrogen) atoms. The number of nitrogens with one attached hydrogen (secondary N) is 2. The molecule has 0 saturated carbocycles. The summed E-state index contributed by atoms with van der Waals surface area (Å²) in [6.07, 6.45) is 0. The van der Waals surface area contributed by atoms with E-state index >= 15 is 0 Å². The molecule has 1 unspecified atom stereocenters. The van der Waals surface area contributed by atoms with Crippen molar-refractivity contribution < 1.29 is 4.79 Å². The maximum atomic E-state index is 12.0. The zero-order chi connectivity index (χ0) is 13.7. The molecule has 0 radical (unpaired) electrons. The van der Waals surface area contributed by atoms with Crippen molar-refractivity contribution in [1.29, 1.82) is 0 Å². The average Bonchev–Trinajstić information content (AvgIpc) is 2.30. The maximum absolute atomic E-state index is 12.0. The van der Waals surface area contributed by atoms with Crippen molar-refractivity contribution in [3.05, 3.63) is 27.7 Å². The Morgan fingerprint density at radius 3 is 2.61 bits per heavy atom. The van der Waals surface area contributed by atoms with Gasteiger partial charge >= 0.3 is 0 Å². The van der Waals surface area contributed by atoms with Crippen molar-refractivity contribution in [3.63, 3.8) is 0 Å². The van der Waals surface area contributed by atoms with Crippen molar-refractivity contribution in [1.82, 2.24) is 5.32 Å². The molecule has 1 amide bonds. The van der Waals surface area contributed by atoms with E-state index < -0.39 is 0 Å². The summed E-state index contributed by atoms with van der Waals surface area (Å²) in [6.45, 7) is 9.58. The normalized spacial score (nSPS) is 12.3. The molecule has 0 aromatic heterocycles. The Morgan fingerprint density at radius 1 is 1.39 bits per heavy atom. The molecular weight excluding hydrogens is 292 g/mol. The summed E-state index contributed by atoms with van der Waals surface area (Å²) in [5, 5.41) is 6.17. The second kappa shape index (κ2) is 6.90. The zero-order valence-corrected chi connectivity index (χ0v) is 13.0. The predicted molar refractivity (Wildman–Crippen MR) is 80.0 cm³/mol. The summed E-state index contributed by atoms with van der Waals surface area (Å²) >= 11 is 3.50. The van der Waals surface area contributed by atoms with Crippen LogP contribution in [0.25, 0.3) is 0 Å². The molecule has 0 aliphatic rings. The highest BCUT2D eigenvalue weighted by molar-refractivity contribution is 9.10. The molecule has 3 nitrogen and oxygen atoms in total. The smallest absolute Gasteiger partial charge is 0.228 e. The SMILES string of the molecule is CCNCC(C)C(=O)Nc1c(C)cc(C)cc1Br. The fourth-order valence-corrected chi connectivity index (χ4v) is 2.55. The number of anilines is 1. The molecule has 0 aliphatic heterocycles. The molecule has 1 aromatic rings. The molecule has 0 bridgehead atoms. The first-order valence-electron chi connectivity index (χ1n) is 6.24. The largest absolute Gasteiger partial charge is 0.325 e. The van der Waals surface area contributed by atoms with Gasteiger partial charge in [0.15, 0.2) is 0 Å². The zero-order valence-electron chi connectivity index (χ0n) is 11.4. The lowest BCUT2D eigenvalue weighted by atomic mass is 10.1. The average molecular weight is 313 g/mol. The summed E-state index contributed by atoms with van der Waals surface area (Å²) in [4.78, 5) is 12.0. The molecule has 2 N–H and O–H groups in total. The number of halogens is 1. The van der Waals surface area contributed by atoms with Gasteiger partial charge in [-0.15, -0.1) is 0 Å². The highest BCUT2D eigenvalue weighted by Crippen LogP contribution is 2.28. The summed E-state index contributed by atoms with van der Waals surface area (Å²) < 4.78 is 0.934. The lowest BCUT2D eigenvalue weighted by Crippen LogP contribution is -2.30. The Balaban J connectivity index is 2.76. The van der Waals surface area contributed by atoms with Gasteiger partial charge in [-0.05, 0) is 53.5 Å². The van der Waals surface area contributed by atoms with E-state index in [0.717, 1.165) is 22.3 Å². The third-order valence-electron chi connectivity index (χ3n) is 2.83. The molecular formula is C14H21BrN2O. The first kappa shape index (κ1) is 15.2. The summed E-state index contributed by atoms with van der Waals surface area (Å²) in [5.74, 6) is 0.00107. The van der Waals surface area contributed by atoms with Gasteiger partial charge in [0.1, 0.15) is 0 Å². The van der Waals surface area contributed by atoms with Crippen molar-refractivity contribution in [2.24, 2.45) is 5.92 Å². The maximum Gasteiger partial charge on any atom is 0.228 e. The highest BCUT2D eigenvalue weighted by Gasteiger charge is 2.15. The molecule has 0 saturated heterocycles. The van der Waals surface area contributed by atoms with E-state index in [9.17, 15) is 4.79 Å². The topological polar surface area (TPSA) is 41.1 Å². The predicted octanol–water partition coefficient (Wildman–Crippen LogP) is 3.25. The van der Waals surface area contributed by atoms with Crippen LogP contribution in [0.15, 0.2) is 16.6 Å². The number of hydrogen-bond acceptors (Lipinski definition) is 2. The number of aryl methyl sites for hydroxylation is 2. The second-order valence-electron chi connectivity index (χ2n) is 4.64. The Kier molecular flexibility index (Phi) is 5.82. The van der Waals surface area contributed by atoms with Gasteiger partial charge in [-0.3, -0.25) is 4.79 Å². The van der Waals surface area contributed by atoms with Crippen LogP contribution in [0.3, 0.4) is 0 Å². The number of carbonyl (C=O) groups is 1. The van der Waals surface area contributed by atoms with Crippen LogP contribution in [-0.2, 0) is 4.79 Å². The second-order valence-corrected chi connectivity index (χ2v) is 5.49. The van der Waals surface area contributed by atoms with Gasteiger partial charge in [0.2, 0.25) is 5.91 Å². The minimum Gasteiger partial charge on any atom is -0.325 e. The molecule has 0 spiro atoms. The molecule has 1 aromatic carbocycles. The molecule has 100 valence electrons. The van der Waals surface area contributed by atoms with Crippen molar-refractivity contribution >= 4 is 27.5 Å². The van der Waals surface area contributed by atoms with E-state index in [-0.39, 0.29) is 11.8 Å². The van der Waals surface area contributed by atoms with Crippen LogP contribution >= 0.6 is 15.9 Å². The number of amides is 1. The van der Waals surface area contributed by atoms with E-state index in [1.54, 1.807) is 0 Å². The molecule has 0 heterocycles. The molecule has 0 fully saturated rings. The number of rotatable bonds is 5. The molecule has 1 rings (SSSR count). The van der Waals surface area contributed by atoms with Gasteiger partial charge < -0.3 is 10.6 Å². The van der Waals surface area contributed by atoms with Gasteiger partial charge in [0.25, 0.3) is 0 Å². The lowest BCUT2D eigenvalue weighted by molar-refractivity contribution is -0.119. The monoisotopic (exact) mass is 312 g/mol. The highest BCUT2D eigenvalue weighted by atomic mass is 79.9. The van der Waals surface area contributed by atoms with Gasteiger partial charge in [-0.2, -0.15) is 0 Å². The van der Waals surface area contributed by atoms with E-state index in [2.05, 4.69) is 32.6 Å². The fourth-order valence-electron chi connectivity index (χ4n) is 1.77. The first-order valence-corrected chi connectivity index (χ1v) is 7.03. The quantitative estimate of drug-likeness (QED) is 0.876. The van der Waals surface area contributed by atoms with Gasteiger partial charge in [0, 0.05) is 16.9 Å². The Hall–Kier alpha value is -0.870. The van der Waals surface area contributed by atoms with Gasteiger partial charge in [-0.1, -0.05) is 19.9 Å². The van der Waals surface area contributed by atoms with Crippen molar-refractivity contribution in [2.75, 3.05) is 18.4 Å². The van der Waals surface area contributed by atoms with Crippen LogP contribution in [0.1, 0.15) is 25.0 Å².